The Kier molecular flexibility index (Phi) is 3.10. The average Bonchev–Trinajstić information content (AvgIpc) is 3.26. The summed E-state index contributed by atoms with van der Waals surface area (Å²) in [5.41, 5.74) is 1.46. The van der Waals surface area contributed by atoms with Gasteiger partial charge in [-0.25, -0.2) is 9.97 Å². The number of nitrogens with zero attached hydrogens (tertiary/aromatic N) is 2. The molecule has 19 heavy (non-hydrogen) atoms. The molecule has 1 aliphatic rings. The van der Waals surface area contributed by atoms with Gasteiger partial charge in [0, 0.05) is 23.7 Å². The fourth-order valence-corrected chi connectivity index (χ4v) is 2.39. The Morgan fingerprint density at radius 1 is 1.42 bits per heavy atom. The lowest BCUT2D eigenvalue weighted by molar-refractivity contribution is 0.398. The number of pyridine rings is 1. The van der Waals surface area contributed by atoms with E-state index in [1.54, 1.807) is 19.4 Å². The van der Waals surface area contributed by atoms with Crippen LogP contribution in [0.3, 0.4) is 0 Å². The van der Waals surface area contributed by atoms with Crippen molar-refractivity contribution in [1.82, 2.24) is 15.0 Å². The van der Waals surface area contributed by atoms with E-state index < -0.39 is 0 Å². The average molecular weight is 322 g/mol. The standard InChI is InChI=1S/C13H12BrN3O2/c1-19-9-5-4-8(6-15-9)12-16-11(7-2-3-7)10(14)13(18)17-12/h4-7H,2-3H2,1H3,(H,16,17,18). The number of ether oxygens (including phenoxy) is 1. The monoisotopic (exact) mass is 321 g/mol. The van der Waals surface area contributed by atoms with E-state index in [1.165, 1.54) is 0 Å². The number of aromatic amines is 1. The Bertz CT molecular complexity index is 663. The van der Waals surface area contributed by atoms with Gasteiger partial charge in [-0.3, -0.25) is 4.79 Å². The van der Waals surface area contributed by atoms with E-state index in [0.717, 1.165) is 24.1 Å². The summed E-state index contributed by atoms with van der Waals surface area (Å²) < 4.78 is 5.55. The first-order valence-corrected chi connectivity index (χ1v) is 6.78. The Morgan fingerprint density at radius 3 is 2.79 bits per heavy atom. The molecule has 0 spiro atoms. The molecule has 0 aliphatic heterocycles. The number of H-pyrrole nitrogens is 1. The lowest BCUT2D eigenvalue weighted by Crippen LogP contribution is -2.13. The van der Waals surface area contributed by atoms with E-state index in [1.807, 2.05) is 6.07 Å². The van der Waals surface area contributed by atoms with Gasteiger partial charge in [0.15, 0.2) is 0 Å². The number of hydrogen-bond acceptors (Lipinski definition) is 4. The van der Waals surface area contributed by atoms with E-state index in [4.69, 9.17) is 4.74 Å². The van der Waals surface area contributed by atoms with Gasteiger partial charge in [-0.1, -0.05) is 0 Å². The number of halogens is 1. The summed E-state index contributed by atoms with van der Waals surface area (Å²) >= 11 is 3.31. The Morgan fingerprint density at radius 2 is 2.21 bits per heavy atom. The summed E-state index contributed by atoms with van der Waals surface area (Å²) in [7, 11) is 1.56. The third-order valence-corrected chi connectivity index (χ3v) is 3.84. The Labute approximate surface area is 118 Å². The normalized spacial score (nSPS) is 14.4. The number of aromatic nitrogens is 3. The van der Waals surface area contributed by atoms with Crippen molar-refractivity contribution >= 4 is 15.9 Å². The van der Waals surface area contributed by atoms with Crippen molar-refractivity contribution in [3.8, 4) is 17.3 Å². The Balaban J connectivity index is 2.06. The maximum atomic E-state index is 11.9. The second-order valence-electron chi connectivity index (χ2n) is 4.48. The molecule has 2 aromatic rings. The van der Waals surface area contributed by atoms with Crippen LogP contribution in [0.1, 0.15) is 24.5 Å². The lowest BCUT2D eigenvalue weighted by atomic mass is 10.2. The molecule has 1 saturated carbocycles. The molecule has 1 aliphatic carbocycles. The topological polar surface area (TPSA) is 67.9 Å². The molecule has 2 heterocycles. The summed E-state index contributed by atoms with van der Waals surface area (Å²) in [6, 6.07) is 3.57. The van der Waals surface area contributed by atoms with Gasteiger partial charge in [-0.15, -0.1) is 0 Å². The van der Waals surface area contributed by atoms with Crippen LogP contribution in [0, 0.1) is 0 Å². The van der Waals surface area contributed by atoms with Gasteiger partial charge in [0.05, 0.1) is 12.8 Å². The minimum Gasteiger partial charge on any atom is -0.481 e. The van der Waals surface area contributed by atoms with Crippen molar-refractivity contribution in [2.45, 2.75) is 18.8 Å². The first-order valence-electron chi connectivity index (χ1n) is 5.99. The fourth-order valence-electron chi connectivity index (χ4n) is 1.88. The van der Waals surface area contributed by atoms with Crippen molar-refractivity contribution in [2.24, 2.45) is 0 Å². The van der Waals surface area contributed by atoms with E-state index in [2.05, 4.69) is 30.9 Å². The summed E-state index contributed by atoms with van der Waals surface area (Å²) in [5, 5.41) is 0. The summed E-state index contributed by atoms with van der Waals surface area (Å²) in [5.74, 6) is 1.48. The molecule has 0 atom stereocenters. The van der Waals surface area contributed by atoms with Crippen molar-refractivity contribution in [3.05, 3.63) is 38.9 Å². The summed E-state index contributed by atoms with van der Waals surface area (Å²) in [4.78, 5) is 23.3. The Hall–Kier alpha value is -1.69. The van der Waals surface area contributed by atoms with E-state index in [-0.39, 0.29) is 5.56 Å². The van der Waals surface area contributed by atoms with Crippen LogP contribution >= 0.6 is 15.9 Å². The van der Waals surface area contributed by atoms with Crippen LogP contribution in [0.5, 0.6) is 5.88 Å². The van der Waals surface area contributed by atoms with Crippen LogP contribution in [0.25, 0.3) is 11.4 Å². The molecule has 1 N–H and O–H groups in total. The van der Waals surface area contributed by atoms with E-state index >= 15 is 0 Å². The number of hydrogen-bond donors (Lipinski definition) is 1. The first-order chi connectivity index (χ1) is 9.19. The summed E-state index contributed by atoms with van der Waals surface area (Å²) in [6.45, 7) is 0. The van der Waals surface area contributed by atoms with Crippen LogP contribution in [0.4, 0.5) is 0 Å². The third kappa shape index (κ3) is 2.40. The molecular weight excluding hydrogens is 310 g/mol. The minimum atomic E-state index is -0.150. The smallest absolute Gasteiger partial charge is 0.265 e. The third-order valence-electron chi connectivity index (χ3n) is 3.07. The van der Waals surface area contributed by atoms with Gasteiger partial charge in [-0.2, -0.15) is 0 Å². The molecule has 0 saturated heterocycles. The number of methoxy groups -OCH3 is 1. The summed E-state index contributed by atoms with van der Waals surface area (Å²) in [6.07, 6.45) is 3.83. The molecule has 2 aromatic heterocycles. The number of nitrogens with one attached hydrogen (secondary N) is 1. The van der Waals surface area contributed by atoms with E-state index in [9.17, 15) is 4.79 Å². The maximum Gasteiger partial charge on any atom is 0.265 e. The van der Waals surface area contributed by atoms with Gasteiger partial charge in [0.1, 0.15) is 10.3 Å². The van der Waals surface area contributed by atoms with Gasteiger partial charge < -0.3 is 9.72 Å². The van der Waals surface area contributed by atoms with Crippen LogP contribution in [-0.2, 0) is 0 Å². The molecule has 5 nitrogen and oxygen atoms in total. The van der Waals surface area contributed by atoms with Crippen LogP contribution in [-0.4, -0.2) is 22.1 Å². The van der Waals surface area contributed by atoms with Gasteiger partial charge >= 0.3 is 0 Å². The second kappa shape index (κ2) is 4.77. The largest absolute Gasteiger partial charge is 0.481 e. The molecule has 0 unspecified atom stereocenters. The molecule has 0 bridgehead atoms. The van der Waals surface area contributed by atoms with Gasteiger partial charge in [0.2, 0.25) is 5.88 Å². The van der Waals surface area contributed by atoms with Crippen molar-refractivity contribution in [3.63, 3.8) is 0 Å². The minimum absolute atomic E-state index is 0.150. The molecule has 0 amide bonds. The highest BCUT2D eigenvalue weighted by atomic mass is 79.9. The first kappa shape index (κ1) is 12.3. The van der Waals surface area contributed by atoms with Crippen LogP contribution < -0.4 is 10.3 Å². The zero-order chi connectivity index (χ0) is 13.4. The van der Waals surface area contributed by atoms with E-state index in [0.29, 0.717) is 22.1 Å². The predicted octanol–water partition coefficient (Wildman–Crippen LogP) is 2.48. The molecule has 0 aromatic carbocycles. The fraction of sp³-hybridized carbons (Fsp3) is 0.308. The molecule has 3 rings (SSSR count). The zero-order valence-electron chi connectivity index (χ0n) is 10.3. The molecular formula is C13H12BrN3O2. The second-order valence-corrected chi connectivity index (χ2v) is 5.27. The molecule has 98 valence electrons. The van der Waals surface area contributed by atoms with Crippen molar-refractivity contribution in [2.75, 3.05) is 7.11 Å². The number of rotatable bonds is 3. The van der Waals surface area contributed by atoms with Gasteiger partial charge in [0.25, 0.3) is 5.56 Å². The molecule has 1 fully saturated rings. The SMILES string of the molecule is COc1ccc(-c2nc(C3CC3)c(Br)c(=O)[nH]2)cn1. The van der Waals surface area contributed by atoms with Crippen molar-refractivity contribution < 1.29 is 4.74 Å². The maximum absolute atomic E-state index is 11.9. The molecule has 6 heteroatoms. The van der Waals surface area contributed by atoms with Gasteiger partial charge in [-0.05, 0) is 34.8 Å². The predicted molar refractivity (Wildman–Crippen MR) is 74.3 cm³/mol. The molecule has 0 radical (unpaired) electrons. The van der Waals surface area contributed by atoms with Crippen molar-refractivity contribution in [1.29, 1.82) is 0 Å². The highest BCUT2D eigenvalue weighted by Gasteiger charge is 2.29. The van der Waals surface area contributed by atoms with Crippen LogP contribution in [0.2, 0.25) is 0 Å². The quantitative estimate of drug-likeness (QED) is 0.943. The lowest BCUT2D eigenvalue weighted by Gasteiger charge is -2.06. The highest BCUT2D eigenvalue weighted by Crippen LogP contribution is 2.41. The van der Waals surface area contributed by atoms with Crippen LogP contribution in [0.15, 0.2) is 27.6 Å². The zero-order valence-corrected chi connectivity index (χ0v) is 11.9. The highest BCUT2D eigenvalue weighted by molar-refractivity contribution is 9.10.